The number of aryl methyl sites for hydroxylation is 1. The van der Waals surface area contributed by atoms with Crippen LogP contribution in [0.1, 0.15) is 19.2 Å². The van der Waals surface area contributed by atoms with Gasteiger partial charge < -0.3 is 23.8 Å². The number of hydrogen-bond acceptors (Lipinski definition) is 9. The van der Waals surface area contributed by atoms with Gasteiger partial charge in [0.1, 0.15) is 47.4 Å². The molecule has 0 radical (unpaired) electrons. The molecule has 2 aromatic carbocycles. The lowest BCUT2D eigenvalue weighted by Gasteiger charge is -2.31. The number of benzene rings is 2. The van der Waals surface area contributed by atoms with E-state index in [2.05, 4.69) is 19.6 Å². The van der Waals surface area contributed by atoms with E-state index < -0.39 is 17.7 Å². The van der Waals surface area contributed by atoms with Crippen molar-refractivity contribution in [1.29, 1.82) is 0 Å². The SMILES string of the molecule is CCO[C@@H]1CN(C)C(=O)[C@@H]2C[C@@H](CN2c2ncnc3c2cnn3-c2ccc(F)cc2F)Oc2ccnc(c2)-c2cccc3nc(C)n(c23)C1. The minimum absolute atomic E-state index is 0.0416. The van der Waals surface area contributed by atoms with E-state index in [4.69, 9.17) is 19.4 Å². The van der Waals surface area contributed by atoms with Crippen molar-refractivity contribution in [3.05, 3.63) is 84.7 Å². The number of fused-ring (bicyclic) bond motifs is 6. The molecule has 0 saturated carbocycles. The third-order valence-corrected chi connectivity index (χ3v) is 9.21. The highest BCUT2D eigenvalue weighted by Crippen LogP contribution is 2.35. The Morgan fingerprint density at radius 1 is 1.04 bits per heavy atom. The lowest BCUT2D eigenvalue weighted by molar-refractivity contribution is -0.133. The normalized spacial score (nSPS) is 19.7. The fourth-order valence-corrected chi connectivity index (χ4v) is 7.05. The lowest BCUT2D eigenvalue weighted by atomic mass is 10.1. The van der Waals surface area contributed by atoms with Gasteiger partial charge in [-0.2, -0.15) is 5.10 Å². The third kappa shape index (κ3) is 5.41. The molecule has 4 aromatic heterocycles. The molecule has 1 saturated heterocycles. The summed E-state index contributed by atoms with van der Waals surface area (Å²) in [6.07, 6.45) is 4.27. The van der Waals surface area contributed by atoms with Crippen LogP contribution in [0.3, 0.4) is 0 Å². The Balaban J connectivity index is 1.22. The molecule has 8 rings (SSSR count). The van der Waals surface area contributed by atoms with Crippen molar-refractivity contribution >= 4 is 33.8 Å². The zero-order valence-electron chi connectivity index (χ0n) is 27.1. The summed E-state index contributed by atoms with van der Waals surface area (Å²) in [5.74, 6) is 0.302. The monoisotopic (exact) mass is 665 g/mol. The van der Waals surface area contributed by atoms with E-state index in [0.29, 0.717) is 55.3 Å². The minimum atomic E-state index is -0.780. The molecule has 2 aliphatic heterocycles. The smallest absolute Gasteiger partial charge is 0.245 e. The number of imidazole rings is 1. The Morgan fingerprint density at radius 2 is 1.92 bits per heavy atom. The molecule has 49 heavy (non-hydrogen) atoms. The van der Waals surface area contributed by atoms with Gasteiger partial charge in [-0.25, -0.2) is 28.4 Å². The number of halogens is 2. The van der Waals surface area contributed by atoms with Crippen LogP contribution in [0, 0.1) is 18.6 Å². The first-order chi connectivity index (χ1) is 23.8. The van der Waals surface area contributed by atoms with Gasteiger partial charge in [-0.3, -0.25) is 9.78 Å². The Bertz CT molecular complexity index is 2220. The molecular weight excluding hydrogens is 632 g/mol. The molecule has 0 aliphatic carbocycles. The van der Waals surface area contributed by atoms with Crippen LogP contribution in [0.5, 0.6) is 5.75 Å². The number of likely N-dealkylation sites (N-methyl/N-ethyl adjacent to an activating group) is 1. The fourth-order valence-electron chi connectivity index (χ4n) is 7.05. The van der Waals surface area contributed by atoms with Crippen molar-refractivity contribution in [2.75, 3.05) is 31.6 Å². The number of amides is 1. The number of anilines is 1. The van der Waals surface area contributed by atoms with Gasteiger partial charge >= 0.3 is 0 Å². The summed E-state index contributed by atoms with van der Waals surface area (Å²) in [7, 11) is 1.78. The van der Waals surface area contributed by atoms with Crippen LogP contribution in [0.25, 0.3) is 39.0 Å². The quantitative estimate of drug-likeness (QED) is 0.264. The summed E-state index contributed by atoms with van der Waals surface area (Å²) in [6.45, 7) is 5.52. The van der Waals surface area contributed by atoms with Gasteiger partial charge in [-0.1, -0.05) is 12.1 Å². The Morgan fingerprint density at radius 3 is 2.76 bits per heavy atom. The Labute approximate surface area is 279 Å². The van der Waals surface area contributed by atoms with E-state index in [1.807, 2.05) is 49.1 Å². The minimum Gasteiger partial charge on any atom is -0.488 e. The van der Waals surface area contributed by atoms with E-state index in [0.717, 1.165) is 40.2 Å². The van der Waals surface area contributed by atoms with Crippen molar-refractivity contribution < 1.29 is 23.0 Å². The molecule has 1 fully saturated rings. The van der Waals surface area contributed by atoms with E-state index in [1.165, 1.54) is 23.3 Å². The summed E-state index contributed by atoms with van der Waals surface area (Å²) < 4.78 is 44.7. The molecule has 2 aliphatic rings. The predicted molar refractivity (Wildman–Crippen MR) is 177 cm³/mol. The van der Waals surface area contributed by atoms with Gasteiger partial charge in [0.05, 0.1) is 47.5 Å². The number of nitrogens with zero attached hydrogens (tertiary/aromatic N) is 9. The van der Waals surface area contributed by atoms with E-state index in [9.17, 15) is 13.6 Å². The number of rotatable bonds is 4. The standard InChI is InChI=1S/C35H33F2N9O3/c1-4-48-24-16-43(3)35(47)31-14-23(49-22-10-11-38-29(13-22)25-6-5-7-28-32(25)44(18-24)20(2)42-28)17-45(31)33-26-15-41-46(34(26)40-19-39-33)30-9-8-21(36)12-27(30)37/h5-13,15,19,23-24,31H,4,14,16-18H2,1-3H3/t23-,24+,31-/m0/s1. The van der Waals surface area contributed by atoms with Crippen LogP contribution in [0.4, 0.5) is 14.6 Å². The van der Waals surface area contributed by atoms with Crippen LogP contribution in [0.2, 0.25) is 0 Å². The second kappa shape index (κ2) is 12.2. The van der Waals surface area contributed by atoms with Crippen molar-refractivity contribution in [3.63, 3.8) is 0 Å². The number of ether oxygens (including phenoxy) is 2. The molecule has 4 bridgehead atoms. The topological polar surface area (TPSA) is 116 Å². The molecule has 0 N–H and O–H groups in total. The number of para-hydroxylation sites is 1. The summed E-state index contributed by atoms with van der Waals surface area (Å²) >= 11 is 0. The maximum absolute atomic E-state index is 14.8. The van der Waals surface area contributed by atoms with Crippen LogP contribution >= 0.6 is 0 Å². The van der Waals surface area contributed by atoms with Gasteiger partial charge in [-0.05, 0) is 38.1 Å². The van der Waals surface area contributed by atoms with Crippen LogP contribution in [0.15, 0.2) is 67.3 Å². The average Bonchev–Trinajstić information content (AvgIpc) is 3.79. The molecule has 0 spiro atoms. The van der Waals surface area contributed by atoms with Crippen molar-refractivity contribution in [1.82, 2.24) is 39.2 Å². The molecule has 12 nitrogen and oxygen atoms in total. The summed E-state index contributed by atoms with van der Waals surface area (Å²) in [6, 6.07) is 12.3. The highest BCUT2D eigenvalue weighted by molar-refractivity contribution is 5.93. The molecule has 250 valence electrons. The van der Waals surface area contributed by atoms with Gasteiger partial charge in [-0.15, -0.1) is 0 Å². The van der Waals surface area contributed by atoms with Crippen LogP contribution < -0.4 is 9.64 Å². The summed E-state index contributed by atoms with van der Waals surface area (Å²) in [5.41, 5.74) is 3.81. The molecular formula is C35H33F2N9O3. The molecule has 6 heterocycles. The van der Waals surface area contributed by atoms with Crippen molar-refractivity contribution in [2.45, 2.75) is 45.1 Å². The third-order valence-electron chi connectivity index (χ3n) is 9.21. The van der Waals surface area contributed by atoms with Gasteiger partial charge in [0.25, 0.3) is 0 Å². The number of carbonyl (C=O) groups excluding carboxylic acids is 1. The van der Waals surface area contributed by atoms with Crippen molar-refractivity contribution in [2.24, 2.45) is 0 Å². The first kappa shape index (κ1) is 30.8. The number of hydrogen-bond donors (Lipinski definition) is 0. The van der Waals surface area contributed by atoms with E-state index >= 15 is 0 Å². The van der Waals surface area contributed by atoms with Gasteiger partial charge in [0.2, 0.25) is 5.91 Å². The zero-order valence-corrected chi connectivity index (χ0v) is 27.1. The largest absolute Gasteiger partial charge is 0.488 e. The van der Waals surface area contributed by atoms with Crippen molar-refractivity contribution in [3.8, 4) is 22.7 Å². The molecule has 6 aromatic rings. The predicted octanol–water partition coefficient (Wildman–Crippen LogP) is 4.72. The number of pyridine rings is 1. The second-order valence-electron chi connectivity index (χ2n) is 12.3. The maximum atomic E-state index is 14.8. The summed E-state index contributed by atoms with van der Waals surface area (Å²) in [5, 5.41) is 4.89. The Hall–Kier alpha value is -5.50. The van der Waals surface area contributed by atoms with Gasteiger partial charge in [0, 0.05) is 50.5 Å². The van der Waals surface area contributed by atoms with E-state index in [1.54, 1.807) is 18.1 Å². The Kier molecular flexibility index (Phi) is 7.66. The first-order valence-electron chi connectivity index (χ1n) is 16.1. The van der Waals surface area contributed by atoms with Crippen LogP contribution in [-0.4, -0.2) is 90.1 Å². The first-order valence-corrected chi connectivity index (χ1v) is 16.1. The second-order valence-corrected chi connectivity index (χ2v) is 12.3. The van der Waals surface area contributed by atoms with Gasteiger partial charge in [0.15, 0.2) is 11.5 Å². The fraction of sp³-hybridized carbons (Fsp3) is 0.314. The summed E-state index contributed by atoms with van der Waals surface area (Å²) in [4.78, 5) is 36.5. The highest BCUT2D eigenvalue weighted by Gasteiger charge is 2.41. The number of carbonyl (C=O) groups is 1. The molecule has 3 atom stereocenters. The highest BCUT2D eigenvalue weighted by atomic mass is 19.1. The molecule has 1 amide bonds. The average molecular weight is 666 g/mol. The molecule has 0 unspecified atom stereocenters. The number of aromatic nitrogens is 7. The van der Waals surface area contributed by atoms with E-state index in [-0.39, 0.29) is 23.8 Å². The lowest BCUT2D eigenvalue weighted by Crippen LogP contribution is -2.47. The molecule has 14 heteroatoms. The zero-order chi connectivity index (χ0) is 33.8. The maximum Gasteiger partial charge on any atom is 0.245 e. The van der Waals surface area contributed by atoms with Crippen LogP contribution in [-0.2, 0) is 16.1 Å².